The number of likely N-dealkylation sites (N-methyl/N-ethyl adjacent to an activating group) is 1. The Balaban J connectivity index is 0.000000987. The Morgan fingerprint density at radius 2 is 1.92 bits per heavy atom. The van der Waals surface area contributed by atoms with Crippen LogP contribution in [0.1, 0.15) is 33.1 Å². The van der Waals surface area contributed by atoms with Gasteiger partial charge in [0.25, 0.3) is 0 Å². The van der Waals surface area contributed by atoms with E-state index in [0.29, 0.717) is 23.8 Å². The standard InChI is InChI=1S/C14H15N2O3.C2H6.CH5N.W/c1-16-12(17)5-4-11(14(16)19)15-13(18)9-3-2-8-6-10(8)7-9;2*1-2;/h2,7-8,10-11H,4-6H2,1H3,(H,15,18);1-2H3;2H2,1H3;/q-1;;;+2/p-1. The maximum absolute atomic E-state index is 12.0. The van der Waals surface area contributed by atoms with Gasteiger partial charge in [0, 0.05) is 13.5 Å². The molecule has 6 nitrogen and oxygen atoms in total. The van der Waals surface area contributed by atoms with Crippen molar-refractivity contribution in [1.29, 1.82) is 0 Å². The van der Waals surface area contributed by atoms with Crippen molar-refractivity contribution in [1.82, 2.24) is 4.90 Å². The summed E-state index contributed by atoms with van der Waals surface area (Å²) < 4.78 is 0. The molecular formula is C17H25N3O3W. The summed E-state index contributed by atoms with van der Waals surface area (Å²) in [5, 5.41) is 3.95. The molecule has 1 saturated heterocycles. The van der Waals surface area contributed by atoms with Crippen molar-refractivity contribution in [3.8, 4) is 0 Å². The Morgan fingerprint density at radius 1 is 1.29 bits per heavy atom. The number of rotatable bonds is 2. The van der Waals surface area contributed by atoms with Crippen molar-refractivity contribution < 1.29 is 35.4 Å². The summed E-state index contributed by atoms with van der Waals surface area (Å²) in [6.07, 6.45) is 8.38. The number of hydrogen-bond acceptors (Lipinski definition) is 4. The van der Waals surface area contributed by atoms with Crippen LogP contribution in [0, 0.1) is 17.9 Å². The zero-order valence-corrected chi connectivity index (χ0v) is 17.5. The average Bonchev–Trinajstić information content (AvgIpc) is 3.37. The average molecular weight is 503 g/mol. The zero-order chi connectivity index (χ0) is 17.6. The molecule has 7 heteroatoms. The van der Waals surface area contributed by atoms with Crippen molar-refractivity contribution in [2.24, 2.45) is 17.6 Å². The number of nitrogens with zero attached hydrogens (tertiary/aromatic N) is 2. The third-order valence-electron chi connectivity index (χ3n) is 3.85. The fourth-order valence-electron chi connectivity index (χ4n) is 2.44. The summed E-state index contributed by atoms with van der Waals surface area (Å²) in [5.74, 6) is -0.0247. The third-order valence-corrected chi connectivity index (χ3v) is 3.85. The second-order valence-corrected chi connectivity index (χ2v) is 5.23. The van der Waals surface area contributed by atoms with Gasteiger partial charge in [-0.3, -0.25) is 14.5 Å². The van der Waals surface area contributed by atoms with Crippen LogP contribution in [-0.2, 0) is 35.4 Å². The molecule has 3 aliphatic rings. The Bertz CT molecular complexity index is 531. The molecule has 3 atom stereocenters. The summed E-state index contributed by atoms with van der Waals surface area (Å²) in [4.78, 5) is 36.2. The van der Waals surface area contributed by atoms with Crippen LogP contribution < -0.4 is 5.73 Å². The van der Waals surface area contributed by atoms with E-state index in [9.17, 15) is 14.4 Å². The summed E-state index contributed by atoms with van der Waals surface area (Å²) in [7, 11) is 2.93. The minimum Gasteiger partial charge on any atom is -0.699 e. The van der Waals surface area contributed by atoms with Gasteiger partial charge >= 0.3 is 21.1 Å². The van der Waals surface area contributed by atoms with Gasteiger partial charge in [-0.2, -0.15) is 17.7 Å². The van der Waals surface area contributed by atoms with E-state index in [4.69, 9.17) is 0 Å². The van der Waals surface area contributed by atoms with Gasteiger partial charge in [-0.05, 0) is 31.3 Å². The van der Waals surface area contributed by atoms with Crippen molar-refractivity contribution in [3.63, 3.8) is 0 Å². The van der Waals surface area contributed by atoms with E-state index in [-0.39, 0.29) is 33.4 Å². The minimum absolute atomic E-state index is 0. The molecule has 3 unspecified atom stereocenters. The zero-order valence-electron chi connectivity index (χ0n) is 14.6. The van der Waals surface area contributed by atoms with E-state index >= 15 is 0 Å². The molecule has 1 aliphatic heterocycles. The predicted molar refractivity (Wildman–Crippen MR) is 88.1 cm³/mol. The number of carbonyl (C=O) groups is 3. The number of nitrogens with two attached hydrogens (primary N) is 1. The van der Waals surface area contributed by atoms with Crippen molar-refractivity contribution in [2.75, 3.05) is 14.1 Å². The van der Waals surface area contributed by atoms with Gasteiger partial charge in [0.2, 0.25) is 11.8 Å². The van der Waals surface area contributed by atoms with Gasteiger partial charge in [0.15, 0.2) is 0 Å². The number of likely N-dealkylation sites (tertiary alicyclic amines) is 1. The van der Waals surface area contributed by atoms with Crippen LogP contribution in [0.5, 0.6) is 0 Å². The minimum atomic E-state index is -0.727. The Labute approximate surface area is 158 Å². The molecule has 0 aromatic heterocycles. The number of fused-ring (bicyclic) bond motifs is 1. The first-order valence-corrected chi connectivity index (χ1v) is 8.01. The van der Waals surface area contributed by atoms with Crippen LogP contribution >= 0.6 is 0 Å². The van der Waals surface area contributed by atoms with Crippen LogP contribution in [0.2, 0.25) is 0 Å². The molecule has 2 fully saturated rings. The first kappa shape index (κ1) is 22.7. The topological polar surface area (TPSA) is 94.6 Å². The molecule has 0 bridgehead atoms. The van der Waals surface area contributed by atoms with Gasteiger partial charge in [-0.25, -0.2) is 0 Å². The number of piperidine rings is 1. The van der Waals surface area contributed by atoms with E-state index in [1.807, 2.05) is 26.0 Å². The Morgan fingerprint density at radius 3 is 2.50 bits per heavy atom. The van der Waals surface area contributed by atoms with Gasteiger partial charge < -0.3 is 15.8 Å². The molecule has 0 aromatic carbocycles. The van der Waals surface area contributed by atoms with E-state index < -0.39 is 17.9 Å². The molecule has 3 rings (SSSR count). The molecule has 132 valence electrons. The van der Waals surface area contributed by atoms with Gasteiger partial charge in [-0.15, -0.1) is 6.08 Å². The van der Waals surface area contributed by atoms with Crippen molar-refractivity contribution >= 4 is 17.7 Å². The second kappa shape index (κ2) is 10.6. The van der Waals surface area contributed by atoms with Crippen LogP contribution in [0.4, 0.5) is 0 Å². The molecule has 24 heavy (non-hydrogen) atoms. The third kappa shape index (κ3) is 5.38. The molecule has 0 radical (unpaired) electrons. The van der Waals surface area contributed by atoms with Crippen LogP contribution in [0.3, 0.4) is 0 Å². The molecule has 1 heterocycles. The first-order valence-electron chi connectivity index (χ1n) is 8.01. The van der Waals surface area contributed by atoms with Crippen molar-refractivity contribution in [3.05, 3.63) is 29.1 Å². The van der Waals surface area contributed by atoms with Gasteiger partial charge in [-0.1, -0.05) is 26.2 Å². The van der Waals surface area contributed by atoms with Gasteiger partial charge in [0.05, 0.1) is 0 Å². The summed E-state index contributed by atoms with van der Waals surface area (Å²) in [6, 6.07) is -0.727. The molecule has 3 amide bonds. The molecule has 2 N–H and O–H groups in total. The number of hydrogen-bond donors (Lipinski definition) is 1. The summed E-state index contributed by atoms with van der Waals surface area (Å²) >= 11 is 0. The van der Waals surface area contributed by atoms with E-state index in [1.54, 1.807) is 0 Å². The fraction of sp³-hybridized carbons (Fsp3) is 0.588. The summed E-state index contributed by atoms with van der Waals surface area (Å²) in [6.45, 7) is 4.00. The normalized spacial score (nSPS) is 26.5. The SMILES string of the molecule is CC.CN.CN1C(=O)CCC([N-]C(=O)C2=CC3CC3C=[C-]2)C1=O.[W+2]. The summed E-state index contributed by atoms with van der Waals surface area (Å²) in [5.41, 5.74) is 4.95. The van der Waals surface area contributed by atoms with E-state index in [0.717, 1.165) is 11.3 Å². The number of carbonyl (C=O) groups excluding carboxylic acids is 3. The quantitative estimate of drug-likeness (QED) is 0.458. The predicted octanol–water partition coefficient (Wildman–Crippen LogP) is 1.57. The first-order chi connectivity index (χ1) is 11.1. The second-order valence-electron chi connectivity index (χ2n) is 5.23. The van der Waals surface area contributed by atoms with Crippen LogP contribution in [0.25, 0.3) is 5.32 Å². The smallest absolute Gasteiger partial charge is 0.699 e. The fourth-order valence-corrected chi connectivity index (χ4v) is 2.44. The molecule has 0 aromatic rings. The van der Waals surface area contributed by atoms with Crippen LogP contribution in [0.15, 0.2) is 17.7 Å². The number of allylic oxidation sites excluding steroid dienone is 2. The van der Waals surface area contributed by atoms with Crippen molar-refractivity contribution in [2.45, 2.75) is 39.2 Å². The molecule has 0 spiro atoms. The maximum atomic E-state index is 12.0. The Hall–Kier alpha value is -1.26. The largest absolute Gasteiger partial charge is 2.00 e. The number of imide groups is 1. The van der Waals surface area contributed by atoms with E-state index in [2.05, 4.69) is 17.1 Å². The number of amides is 3. The molecule has 2 aliphatic carbocycles. The molecular weight excluding hydrogens is 478 g/mol. The van der Waals surface area contributed by atoms with E-state index in [1.165, 1.54) is 14.1 Å². The monoisotopic (exact) mass is 503 g/mol. The van der Waals surface area contributed by atoms with Gasteiger partial charge in [0.1, 0.15) is 0 Å². The van der Waals surface area contributed by atoms with Crippen LogP contribution in [-0.4, -0.2) is 42.8 Å². The molecule has 1 saturated carbocycles. The maximum Gasteiger partial charge on any atom is 2.00 e. The Kier molecular flexibility index (Phi) is 10.0.